The highest BCUT2D eigenvalue weighted by Gasteiger charge is 2.26. The fourth-order valence-electron chi connectivity index (χ4n) is 2.95. The zero-order valence-electron chi connectivity index (χ0n) is 16.1. The maximum atomic E-state index is 12.5. The average Bonchev–Trinajstić information content (AvgIpc) is 3.23. The van der Waals surface area contributed by atoms with Crippen molar-refractivity contribution < 1.29 is 13.2 Å². The minimum atomic E-state index is -3.45. The molecule has 6 nitrogen and oxygen atoms in total. The predicted molar refractivity (Wildman–Crippen MR) is 119 cm³/mol. The number of anilines is 1. The molecule has 0 bridgehead atoms. The lowest BCUT2D eigenvalue weighted by atomic mass is 10.1. The quantitative estimate of drug-likeness (QED) is 0.563. The molecule has 1 aliphatic heterocycles. The number of hydrogen-bond donors (Lipinski definition) is 2. The maximum Gasteiger partial charge on any atom is 0.250 e. The van der Waals surface area contributed by atoms with Crippen LogP contribution >= 0.6 is 12.2 Å². The average molecular weight is 430 g/mol. The molecule has 0 atom stereocenters. The van der Waals surface area contributed by atoms with Gasteiger partial charge in [-0.2, -0.15) is 4.31 Å². The summed E-state index contributed by atoms with van der Waals surface area (Å²) in [6.07, 6.45) is 4.90. The zero-order valence-corrected chi connectivity index (χ0v) is 17.7. The van der Waals surface area contributed by atoms with Crippen molar-refractivity contribution in [3.63, 3.8) is 0 Å². The molecule has 2 aromatic rings. The maximum absolute atomic E-state index is 12.5. The first kappa shape index (κ1) is 21.2. The molecule has 29 heavy (non-hydrogen) atoms. The summed E-state index contributed by atoms with van der Waals surface area (Å²) in [5.41, 5.74) is 2.66. The van der Waals surface area contributed by atoms with Gasteiger partial charge in [0, 0.05) is 24.9 Å². The Bertz CT molecular complexity index is 1010. The van der Waals surface area contributed by atoms with Crippen LogP contribution in [0.15, 0.2) is 59.5 Å². The van der Waals surface area contributed by atoms with E-state index in [4.69, 9.17) is 12.2 Å². The number of nitrogens with one attached hydrogen (secondary N) is 2. The van der Waals surface area contributed by atoms with Gasteiger partial charge in [0.2, 0.25) is 15.9 Å². The minimum absolute atomic E-state index is 0.138. The normalized spacial score (nSPS) is 14.8. The smallest absolute Gasteiger partial charge is 0.250 e. The molecule has 0 aliphatic carbocycles. The number of hydrogen-bond acceptors (Lipinski definition) is 4. The highest BCUT2D eigenvalue weighted by Crippen LogP contribution is 2.22. The highest BCUT2D eigenvalue weighted by atomic mass is 32.2. The van der Waals surface area contributed by atoms with Crippen molar-refractivity contribution in [1.82, 2.24) is 9.62 Å². The second kappa shape index (κ2) is 9.30. The molecule has 1 saturated heterocycles. The fourth-order valence-corrected chi connectivity index (χ4v) is 4.69. The van der Waals surface area contributed by atoms with Gasteiger partial charge in [-0.3, -0.25) is 10.1 Å². The van der Waals surface area contributed by atoms with Crippen LogP contribution < -0.4 is 10.6 Å². The van der Waals surface area contributed by atoms with E-state index in [1.807, 2.05) is 31.2 Å². The molecule has 3 rings (SSSR count). The van der Waals surface area contributed by atoms with Gasteiger partial charge in [0.05, 0.1) is 4.90 Å². The third kappa shape index (κ3) is 5.72. The van der Waals surface area contributed by atoms with Crippen molar-refractivity contribution >= 4 is 45.0 Å². The molecular formula is C21H23N3O3S2. The van der Waals surface area contributed by atoms with Gasteiger partial charge in [0.1, 0.15) is 0 Å². The lowest BCUT2D eigenvalue weighted by Gasteiger charge is -2.16. The van der Waals surface area contributed by atoms with Gasteiger partial charge in [0.25, 0.3) is 0 Å². The van der Waals surface area contributed by atoms with E-state index in [-0.39, 0.29) is 15.9 Å². The molecule has 8 heteroatoms. The number of aryl methyl sites for hydroxylation is 1. The Labute approximate surface area is 176 Å². The Morgan fingerprint density at radius 2 is 1.66 bits per heavy atom. The van der Waals surface area contributed by atoms with Crippen molar-refractivity contribution in [2.24, 2.45) is 0 Å². The first-order chi connectivity index (χ1) is 13.8. The molecule has 2 aromatic carbocycles. The standard InChI is InChI=1S/C21H23N3O3S2/c1-16-4-6-17(7-5-16)8-13-20(25)23-21(28)22-18-9-11-19(12-10-18)29(26,27)24-14-2-3-15-24/h4-13H,2-3,14-15H2,1H3,(H2,22,23,25,28)/b13-8+. The number of carbonyl (C=O) groups excluding carboxylic acids is 1. The van der Waals surface area contributed by atoms with E-state index in [0.717, 1.165) is 24.0 Å². The van der Waals surface area contributed by atoms with Crippen LogP contribution in [0.25, 0.3) is 6.08 Å². The molecule has 0 aromatic heterocycles. The fraction of sp³-hybridized carbons (Fsp3) is 0.238. The molecule has 2 N–H and O–H groups in total. The van der Waals surface area contributed by atoms with Crippen LogP contribution in [0.5, 0.6) is 0 Å². The van der Waals surface area contributed by atoms with Crippen molar-refractivity contribution in [3.8, 4) is 0 Å². The van der Waals surface area contributed by atoms with Gasteiger partial charge in [0.15, 0.2) is 5.11 Å². The lowest BCUT2D eigenvalue weighted by Crippen LogP contribution is -2.32. The summed E-state index contributed by atoms with van der Waals surface area (Å²) in [6.45, 7) is 3.13. The summed E-state index contributed by atoms with van der Waals surface area (Å²) in [7, 11) is -3.45. The van der Waals surface area contributed by atoms with Crippen LogP contribution in [-0.2, 0) is 14.8 Å². The van der Waals surface area contributed by atoms with Crippen LogP contribution in [0.3, 0.4) is 0 Å². The topological polar surface area (TPSA) is 78.5 Å². The SMILES string of the molecule is Cc1ccc(/C=C/C(=O)NC(=S)Nc2ccc(S(=O)(=O)N3CCCC3)cc2)cc1. The van der Waals surface area contributed by atoms with Crippen molar-refractivity contribution in [2.45, 2.75) is 24.7 Å². The highest BCUT2D eigenvalue weighted by molar-refractivity contribution is 7.89. The Morgan fingerprint density at radius 3 is 2.28 bits per heavy atom. The summed E-state index contributed by atoms with van der Waals surface area (Å²) in [6, 6.07) is 14.1. The summed E-state index contributed by atoms with van der Waals surface area (Å²) in [5, 5.41) is 5.59. The predicted octanol–water partition coefficient (Wildman–Crippen LogP) is 3.31. The molecular weight excluding hydrogens is 406 g/mol. The summed E-state index contributed by atoms with van der Waals surface area (Å²) in [5.74, 6) is -0.351. The molecule has 1 heterocycles. The summed E-state index contributed by atoms with van der Waals surface area (Å²) in [4.78, 5) is 12.3. The number of nitrogens with zero attached hydrogens (tertiary/aromatic N) is 1. The van der Waals surface area contributed by atoms with E-state index in [2.05, 4.69) is 10.6 Å². The minimum Gasteiger partial charge on any atom is -0.332 e. The number of amides is 1. The van der Waals surface area contributed by atoms with E-state index in [0.29, 0.717) is 18.8 Å². The van der Waals surface area contributed by atoms with Crippen molar-refractivity contribution in [3.05, 3.63) is 65.7 Å². The van der Waals surface area contributed by atoms with Gasteiger partial charge in [-0.05, 0) is 67.9 Å². The number of thiocarbonyl (C=S) groups is 1. The van der Waals surface area contributed by atoms with Crippen LogP contribution in [0.4, 0.5) is 5.69 Å². The van der Waals surface area contributed by atoms with Crippen molar-refractivity contribution in [1.29, 1.82) is 0 Å². The molecule has 0 spiro atoms. The zero-order chi connectivity index (χ0) is 20.9. The van der Waals surface area contributed by atoms with Crippen LogP contribution in [0, 0.1) is 6.92 Å². The Balaban J connectivity index is 1.55. The number of sulfonamides is 1. The number of benzene rings is 2. The lowest BCUT2D eigenvalue weighted by molar-refractivity contribution is -0.115. The van der Waals surface area contributed by atoms with Crippen LogP contribution in [-0.4, -0.2) is 36.8 Å². The van der Waals surface area contributed by atoms with E-state index in [9.17, 15) is 13.2 Å². The summed E-state index contributed by atoms with van der Waals surface area (Å²) < 4.78 is 26.6. The Morgan fingerprint density at radius 1 is 1.03 bits per heavy atom. The number of carbonyl (C=O) groups is 1. The molecule has 1 aliphatic rings. The molecule has 1 amide bonds. The Hall–Kier alpha value is -2.55. The monoisotopic (exact) mass is 429 g/mol. The molecule has 152 valence electrons. The second-order valence-corrected chi connectivity index (χ2v) is 9.17. The summed E-state index contributed by atoms with van der Waals surface area (Å²) >= 11 is 5.15. The van der Waals surface area contributed by atoms with E-state index in [1.165, 1.54) is 22.5 Å². The first-order valence-electron chi connectivity index (χ1n) is 9.31. The van der Waals surface area contributed by atoms with Crippen molar-refractivity contribution in [2.75, 3.05) is 18.4 Å². The van der Waals surface area contributed by atoms with Gasteiger partial charge in [-0.15, -0.1) is 0 Å². The largest absolute Gasteiger partial charge is 0.332 e. The van der Waals surface area contributed by atoms with E-state index < -0.39 is 10.0 Å². The van der Waals surface area contributed by atoms with Gasteiger partial charge in [-0.25, -0.2) is 8.42 Å². The van der Waals surface area contributed by atoms with E-state index in [1.54, 1.807) is 18.2 Å². The third-order valence-corrected chi connectivity index (χ3v) is 6.67. The Kier molecular flexibility index (Phi) is 6.79. The molecule has 0 radical (unpaired) electrons. The van der Waals surface area contributed by atoms with Crippen LogP contribution in [0.1, 0.15) is 24.0 Å². The second-order valence-electron chi connectivity index (χ2n) is 6.82. The van der Waals surface area contributed by atoms with Gasteiger partial charge in [-0.1, -0.05) is 29.8 Å². The van der Waals surface area contributed by atoms with Crippen LogP contribution in [0.2, 0.25) is 0 Å². The third-order valence-electron chi connectivity index (χ3n) is 4.56. The number of rotatable bonds is 5. The molecule has 0 saturated carbocycles. The molecule has 0 unspecified atom stereocenters. The van der Waals surface area contributed by atoms with Gasteiger partial charge < -0.3 is 5.32 Å². The molecule has 1 fully saturated rings. The van der Waals surface area contributed by atoms with Gasteiger partial charge >= 0.3 is 0 Å². The first-order valence-corrected chi connectivity index (χ1v) is 11.2. The van der Waals surface area contributed by atoms with E-state index >= 15 is 0 Å².